The Morgan fingerprint density at radius 1 is 1.16 bits per heavy atom. The van der Waals surface area contributed by atoms with Crippen LogP contribution in [0.4, 0.5) is 0 Å². The van der Waals surface area contributed by atoms with Crippen LogP contribution in [0, 0.1) is 6.92 Å². The quantitative estimate of drug-likeness (QED) is 0.804. The maximum absolute atomic E-state index is 12.5. The number of likely N-dealkylation sites (tertiary alicyclic amines) is 1. The van der Waals surface area contributed by atoms with Crippen molar-refractivity contribution in [3.8, 4) is 0 Å². The highest BCUT2D eigenvalue weighted by Crippen LogP contribution is 2.28. The first-order chi connectivity index (χ1) is 12.2. The molecule has 0 aliphatic carbocycles. The summed E-state index contributed by atoms with van der Waals surface area (Å²) in [6.45, 7) is 6.29. The number of rotatable bonds is 4. The van der Waals surface area contributed by atoms with Gasteiger partial charge in [-0.3, -0.25) is 9.69 Å². The Bertz CT molecular complexity index is 728. The summed E-state index contributed by atoms with van der Waals surface area (Å²) in [6, 6.07) is 5.09. The number of hydrogen-bond donors (Lipinski definition) is 0. The number of piperidine rings is 1. The van der Waals surface area contributed by atoms with Gasteiger partial charge in [0, 0.05) is 48.4 Å². The molecule has 2 aliphatic heterocycles. The molecular formula is C20H26N2OS2. The Labute approximate surface area is 158 Å². The fourth-order valence-electron chi connectivity index (χ4n) is 4.10. The summed E-state index contributed by atoms with van der Waals surface area (Å²) in [5, 5.41) is 4.35. The van der Waals surface area contributed by atoms with Gasteiger partial charge < -0.3 is 4.90 Å². The van der Waals surface area contributed by atoms with E-state index in [1.165, 1.54) is 29.0 Å². The molecule has 5 heteroatoms. The minimum atomic E-state index is 0.338. The van der Waals surface area contributed by atoms with E-state index in [-0.39, 0.29) is 0 Å². The van der Waals surface area contributed by atoms with Gasteiger partial charge in [0.15, 0.2) is 0 Å². The molecule has 0 spiro atoms. The second-order valence-corrected chi connectivity index (χ2v) is 9.23. The third kappa shape index (κ3) is 3.83. The summed E-state index contributed by atoms with van der Waals surface area (Å²) in [6.07, 6.45) is 5.02. The van der Waals surface area contributed by atoms with E-state index >= 15 is 0 Å². The minimum absolute atomic E-state index is 0.338. The van der Waals surface area contributed by atoms with Crippen molar-refractivity contribution >= 4 is 28.6 Å². The van der Waals surface area contributed by atoms with Crippen molar-refractivity contribution < 1.29 is 4.79 Å². The Balaban J connectivity index is 1.25. The molecular weight excluding hydrogens is 348 g/mol. The van der Waals surface area contributed by atoms with Gasteiger partial charge in [0.1, 0.15) is 0 Å². The third-order valence-corrected chi connectivity index (χ3v) is 7.81. The largest absolute Gasteiger partial charge is 0.343 e. The molecule has 2 aromatic rings. The number of carbonyl (C=O) groups excluding carboxylic acids is 1. The van der Waals surface area contributed by atoms with Crippen LogP contribution in [0.5, 0.6) is 0 Å². The van der Waals surface area contributed by atoms with Gasteiger partial charge in [0.05, 0.1) is 0 Å². The average Bonchev–Trinajstić information content (AvgIpc) is 3.27. The van der Waals surface area contributed by atoms with Crippen LogP contribution in [0.15, 0.2) is 22.9 Å². The Hall–Kier alpha value is -1.17. The zero-order valence-corrected chi connectivity index (χ0v) is 16.5. The number of thiophene rings is 2. The van der Waals surface area contributed by atoms with E-state index in [0.717, 1.165) is 38.9 Å². The molecule has 134 valence electrons. The van der Waals surface area contributed by atoms with Crippen LogP contribution >= 0.6 is 22.7 Å². The van der Waals surface area contributed by atoms with E-state index in [1.54, 1.807) is 16.2 Å². The number of nitrogens with zero attached hydrogens (tertiary/aromatic N) is 2. The van der Waals surface area contributed by atoms with Crippen LogP contribution in [0.3, 0.4) is 0 Å². The lowest BCUT2D eigenvalue weighted by Gasteiger charge is -2.40. The smallest absolute Gasteiger partial charge is 0.222 e. The van der Waals surface area contributed by atoms with E-state index in [0.29, 0.717) is 18.4 Å². The molecule has 0 unspecified atom stereocenters. The van der Waals surface area contributed by atoms with Gasteiger partial charge in [-0.05, 0) is 66.6 Å². The maximum atomic E-state index is 12.5. The molecule has 1 amide bonds. The van der Waals surface area contributed by atoms with Crippen LogP contribution in [-0.2, 0) is 24.2 Å². The SMILES string of the molecule is Cc1ccsc1CCC(=O)N1CCC(N2CCc3sccc3C2)CC1. The van der Waals surface area contributed by atoms with E-state index in [1.807, 2.05) is 11.3 Å². The molecule has 25 heavy (non-hydrogen) atoms. The van der Waals surface area contributed by atoms with Crippen LogP contribution < -0.4 is 0 Å². The summed E-state index contributed by atoms with van der Waals surface area (Å²) < 4.78 is 0. The van der Waals surface area contributed by atoms with Crippen LogP contribution in [0.1, 0.15) is 40.1 Å². The van der Waals surface area contributed by atoms with Crippen molar-refractivity contribution in [3.63, 3.8) is 0 Å². The van der Waals surface area contributed by atoms with E-state index < -0.39 is 0 Å². The molecule has 0 aromatic carbocycles. The van der Waals surface area contributed by atoms with Crippen molar-refractivity contribution in [2.75, 3.05) is 19.6 Å². The van der Waals surface area contributed by atoms with Crippen LogP contribution in [-0.4, -0.2) is 41.4 Å². The fourth-order valence-corrected chi connectivity index (χ4v) is 5.90. The number of fused-ring (bicyclic) bond motifs is 1. The standard InChI is InChI=1S/C20H26N2OS2/c1-15-7-12-24-18(15)2-3-20(23)21-9-4-17(5-10-21)22-11-6-19-16(14-22)8-13-25-19/h7-8,12-13,17H,2-6,9-11,14H2,1H3. The fraction of sp³-hybridized carbons (Fsp3) is 0.550. The highest BCUT2D eigenvalue weighted by atomic mass is 32.1. The Kier molecular flexibility index (Phi) is 5.25. The summed E-state index contributed by atoms with van der Waals surface area (Å²) in [4.78, 5) is 20.2. The number of hydrogen-bond acceptors (Lipinski definition) is 4. The zero-order chi connectivity index (χ0) is 17.2. The molecule has 0 radical (unpaired) electrons. The first kappa shape index (κ1) is 17.3. The van der Waals surface area contributed by atoms with E-state index in [4.69, 9.17) is 0 Å². The van der Waals surface area contributed by atoms with Crippen molar-refractivity contribution in [1.82, 2.24) is 9.80 Å². The van der Waals surface area contributed by atoms with Gasteiger partial charge in [0.25, 0.3) is 0 Å². The maximum Gasteiger partial charge on any atom is 0.222 e. The molecule has 4 heterocycles. The third-order valence-electron chi connectivity index (χ3n) is 5.70. The van der Waals surface area contributed by atoms with E-state index in [2.05, 4.69) is 39.6 Å². The molecule has 0 N–H and O–H groups in total. The van der Waals surface area contributed by atoms with Crippen molar-refractivity contribution in [2.24, 2.45) is 0 Å². The molecule has 0 atom stereocenters. The highest BCUT2D eigenvalue weighted by Gasteiger charge is 2.29. The average molecular weight is 375 g/mol. The van der Waals surface area contributed by atoms with E-state index in [9.17, 15) is 4.79 Å². The lowest BCUT2D eigenvalue weighted by molar-refractivity contribution is -0.132. The van der Waals surface area contributed by atoms with Gasteiger partial charge >= 0.3 is 0 Å². The molecule has 4 rings (SSSR count). The van der Waals surface area contributed by atoms with Crippen molar-refractivity contribution in [3.05, 3.63) is 43.8 Å². The number of amides is 1. The van der Waals surface area contributed by atoms with Gasteiger partial charge in [-0.2, -0.15) is 0 Å². The molecule has 1 fully saturated rings. The van der Waals surface area contributed by atoms with Crippen molar-refractivity contribution in [1.29, 1.82) is 0 Å². The van der Waals surface area contributed by atoms with Gasteiger partial charge in [-0.15, -0.1) is 22.7 Å². The predicted octanol–water partition coefficient (Wildman–Crippen LogP) is 4.10. The number of aryl methyl sites for hydroxylation is 2. The zero-order valence-electron chi connectivity index (χ0n) is 14.9. The monoisotopic (exact) mass is 374 g/mol. The molecule has 1 saturated heterocycles. The van der Waals surface area contributed by atoms with Gasteiger partial charge in [-0.25, -0.2) is 0 Å². The molecule has 0 saturated carbocycles. The summed E-state index contributed by atoms with van der Waals surface area (Å²) in [5.74, 6) is 0.338. The van der Waals surface area contributed by atoms with Crippen LogP contribution in [0.2, 0.25) is 0 Å². The minimum Gasteiger partial charge on any atom is -0.343 e. The normalized spacial score (nSPS) is 19.2. The topological polar surface area (TPSA) is 23.6 Å². The van der Waals surface area contributed by atoms with Crippen molar-refractivity contribution in [2.45, 2.75) is 51.6 Å². The highest BCUT2D eigenvalue weighted by molar-refractivity contribution is 7.10. The Morgan fingerprint density at radius 2 is 1.96 bits per heavy atom. The first-order valence-corrected chi connectivity index (χ1v) is 11.1. The molecule has 2 aliphatic rings. The van der Waals surface area contributed by atoms with Gasteiger partial charge in [-0.1, -0.05) is 0 Å². The molecule has 3 nitrogen and oxygen atoms in total. The molecule has 0 bridgehead atoms. The summed E-state index contributed by atoms with van der Waals surface area (Å²) >= 11 is 3.68. The lowest BCUT2D eigenvalue weighted by atomic mass is 9.99. The molecule has 2 aromatic heterocycles. The summed E-state index contributed by atoms with van der Waals surface area (Å²) in [5.41, 5.74) is 2.86. The first-order valence-electron chi connectivity index (χ1n) is 9.31. The summed E-state index contributed by atoms with van der Waals surface area (Å²) in [7, 11) is 0. The second kappa shape index (κ2) is 7.60. The Morgan fingerprint density at radius 3 is 2.72 bits per heavy atom. The van der Waals surface area contributed by atoms with Crippen LogP contribution in [0.25, 0.3) is 0 Å². The lowest BCUT2D eigenvalue weighted by Crippen LogP contribution is -2.47. The second-order valence-electron chi connectivity index (χ2n) is 7.23. The van der Waals surface area contributed by atoms with Gasteiger partial charge in [0.2, 0.25) is 5.91 Å². The number of carbonyl (C=O) groups is 1. The predicted molar refractivity (Wildman–Crippen MR) is 105 cm³/mol.